The van der Waals surface area contributed by atoms with Gasteiger partial charge in [-0.1, -0.05) is 0 Å². The molecule has 0 radical (unpaired) electrons. The summed E-state index contributed by atoms with van der Waals surface area (Å²) < 4.78 is 4.72. The Kier molecular flexibility index (Phi) is 5.32. The highest BCUT2D eigenvalue weighted by molar-refractivity contribution is 5.88. The number of hydrogen-bond acceptors (Lipinski definition) is 4. The number of carbonyl (C=O) groups is 3. The largest absolute Gasteiger partial charge is 0.480 e. The Morgan fingerprint density at radius 3 is 2.27 bits per heavy atom. The maximum Gasteiger partial charge on any atom is 0.323 e. The minimum atomic E-state index is -1.21. The van der Waals surface area contributed by atoms with Crippen LogP contribution in [-0.2, 0) is 19.1 Å². The van der Waals surface area contributed by atoms with Gasteiger partial charge in [0.25, 0.3) is 5.91 Å². The highest BCUT2D eigenvalue weighted by atomic mass is 16.5. The van der Waals surface area contributed by atoms with E-state index in [0.29, 0.717) is 0 Å². The second-order valence-electron chi connectivity index (χ2n) is 2.93. The van der Waals surface area contributed by atoms with Gasteiger partial charge in [-0.25, -0.2) is 0 Å². The SMILES string of the molecule is COC(C)C(=O)N(CC(N)=O)CC(=O)O. The Bertz CT molecular complexity index is 250. The van der Waals surface area contributed by atoms with E-state index in [1.165, 1.54) is 14.0 Å². The molecule has 0 aliphatic carbocycles. The fourth-order valence-electron chi connectivity index (χ4n) is 0.921. The van der Waals surface area contributed by atoms with Crippen molar-refractivity contribution < 1.29 is 24.2 Å². The molecule has 0 heterocycles. The smallest absolute Gasteiger partial charge is 0.323 e. The third kappa shape index (κ3) is 4.96. The Morgan fingerprint density at radius 1 is 1.40 bits per heavy atom. The topological polar surface area (TPSA) is 110 Å². The molecule has 0 saturated heterocycles. The van der Waals surface area contributed by atoms with E-state index < -0.39 is 37.0 Å². The van der Waals surface area contributed by atoms with Gasteiger partial charge >= 0.3 is 5.97 Å². The molecule has 15 heavy (non-hydrogen) atoms. The summed E-state index contributed by atoms with van der Waals surface area (Å²) in [7, 11) is 1.31. The third-order valence-corrected chi connectivity index (χ3v) is 1.69. The zero-order valence-corrected chi connectivity index (χ0v) is 8.60. The summed E-state index contributed by atoms with van der Waals surface area (Å²) in [5.74, 6) is -2.57. The van der Waals surface area contributed by atoms with Crippen LogP contribution >= 0.6 is 0 Å². The molecule has 2 amide bonds. The van der Waals surface area contributed by atoms with Crippen LogP contribution < -0.4 is 5.73 Å². The number of nitrogens with two attached hydrogens (primary N) is 1. The van der Waals surface area contributed by atoms with Crippen molar-refractivity contribution in [3.8, 4) is 0 Å². The molecule has 86 valence electrons. The van der Waals surface area contributed by atoms with Gasteiger partial charge in [0.15, 0.2) is 0 Å². The van der Waals surface area contributed by atoms with Gasteiger partial charge in [0.1, 0.15) is 19.2 Å². The first-order valence-electron chi connectivity index (χ1n) is 4.20. The summed E-state index contributed by atoms with van der Waals surface area (Å²) in [6, 6.07) is 0. The summed E-state index contributed by atoms with van der Waals surface area (Å²) in [5, 5.41) is 8.51. The average molecular weight is 218 g/mol. The van der Waals surface area contributed by atoms with Crippen molar-refractivity contribution in [3.05, 3.63) is 0 Å². The number of aliphatic carboxylic acids is 1. The van der Waals surface area contributed by atoms with E-state index >= 15 is 0 Å². The number of ether oxygens (including phenoxy) is 1. The molecule has 0 aliphatic rings. The van der Waals surface area contributed by atoms with Crippen LogP contribution in [0.4, 0.5) is 0 Å². The molecule has 0 aliphatic heterocycles. The average Bonchev–Trinajstić information content (AvgIpc) is 2.13. The Balaban J connectivity index is 4.53. The number of rotatable bonds is 6. The van der Waals surface area contributed by atoms with Gasteiger partial charge in [0.05, 0.1) is 0 Å². The number of amides is 2. The molecule has 7 heteroatoms. The number of methoxy groups -OCH3 is 1. The fourth-order valence-corrected chi connectivity index (χ4v) is 0.921. The summed E-state index contributed by atoms with van der Waals surface area (Å²) in [4.78, 5) is 33.3. The van der Waals surface area contributed by atoms with Crippen molar-refractivity contribution in [1.29, 1.82) is 0 Å². The zero-order chi connectivity index (χ0) is 12.0. The lowest BCUT2D eigenvalue weighted by Gasteiger charge is -2.21. The van der Waals surface area contributed by atoms with E-state index in [-0.39, 0.29) is 0 Å². The lowest BCUT2D eigenvalue weighted by atomic mass is 10.3. The van der Waals surface area contributed by atoms with Crippen LogP contribution in [0.2, 0.25) is 0 Å². The molecule has 0 spiro atoms. The lowest BCUT2D eigenvalue weighted by molar-refractivity contribution is -0.150. The summed E-state index contributed by atoms with van der Waals surface area (Å²) in [6.45, 7) is 0.451. The summed E-state index contributed by atoms with van der Waals surface area (Å²) in [6.07, 6.45) is -0.802. The van der Waals surface area contributed by atoms with Gasteiger partial charge in [-0.3, -0.25) is 14.4 Å². The van der Waals surface area contributed by atoms with Crippen molar-refractivity contribution in [2.24, 2.45) is 5.73 Å². The second-order valence-corrected chi connectivity index (χ2v) is 2.93. The van der Waals surface area contributed by atoms with E-state index in [2.05, 4.69) is 0 Å². The van der Waals surface area contributed by atoms with Crippen LogP contribution in [-0.4, -0.2) is 54.1 Å². The molecule has 0 aromatic rings. The normalized spacial score (nSPS) is 11.9. The van der Waals surface area contributed by atoms with Crippen LogP contribution in [0.5, 0.6) is 0 Å². The zero-order valence-electron chi connectivity index (χ0n) is 8.60. The van der Waals surface area contributed by atoms with Crippen molar-refractivity contribution >= 4 is 17.8 Å². The second kappa shape index (κ2) is 5.97. The molecule has 0 fully saturated rings. The molecular weight excluding hydrogens is 204 g/mol. The van der Waals surface area contributed by atoms with Crippen molar-refractivity contribution in [2.45, 2.75) is 13.0 Å². The Morgan fingerprint density at radius 2 is 1.93 bits per heavy atom. The quantitative estimate of drug-likeness (QED) is 0.559. The molecule has 0 rings (SSSR count). The van der Waals surface area contributed by atoms with Gasteiger partial charge < -0.3 is 20.5 Å². The van der Waals surface area contributed by atoms with E-state index in [1.807, 2.05) is 0 Å². The van der Waals surface area contributed by atoms with Crippen molar-refractivity contribution in [3.63, 3.8) is 0 Å². The standard InChI is InChI=1S/C8H14N2O5/c1-5(15-2)8(14)10(3-6(9)11)4-7(12)13/h5H,3-4H2,1-2H3,(H2,9,11)(H,12,13). The highest BCUT2D eigenvalue weighted by Gasteiger charge is 2.23. The molecule has 0 saturated carbocycles. The van der Waals surface area contributed by atoms with Gasteiger partial charge in [0, 0.05) is 7.11 Å². The van der Waals surface area contributed by atoms with Gasteiger partial charge in [-0.15, -0.1) is 0 Å². The summed E-state index contributed by atoms with van der Waals surface area (Å²) in [5.41, 5.74) is 4.88. The minimum Gasteiger partial charge on any atom is -0.480 e. The maximum absolute atomic E-state index is 11.5. The van der Waals surface area contributed by atoms with E-state index in [1.54, 1.807) is 0 Å². The number of carboxylic acid groups (broad SMARTS) is 1. The van der Waals surface area contributed by atoms with Gasteiger partial charge in [0.2, 0.25) is 5.91 Å². The van der Waals surface area contributed by atoms with Gasteiger partial charge in [-0.05, 0) is 6.92 Å². The van der Waals surface area contributed by atoms with Crippen molar-refractivity contribution in [1.82, 2.24) is 4.90 Å². The van der Waals surface area contributed by atoms with Gasteiger partial charge in [-0.2, -0.15) is 0 Å². The first-order chi connectivity index (χ1) is 6.88. The summed E-state index contributed by atoms with van der Waals surface area (Å²) >= 11 is 0. The first kappa shape index (κ1) is 13.4. The van der Waals surface area contributed by atoms with Crippen LogP contribution in [0.3, 0.4) is 0 Å². The minimum absolute atomic E-state index is 0.432. The molecule has 7 nitrogen and oxygen atoms in total. The number of primary amides is 1. The maximum atomic E-state index is 11.5. The number of carbonyl (C=O) groups excluding carboxylic acids is 2. The first-order valence-corrected chi connectivity index (χ1v) is 4.20. The van der Waals surface area contributed by atoms with Crippen molar-refractivity contribution in [2.75, 3.05) is 20.2 Å². The fraction of sp³-hybridized carbons (Fsp3) is 0.625. The molecule has 1 atom stereocenters. The highest BCUT2D eigenvalue weighted by Crippen LogP contribution is 1.98. The molecule has 1 unspecified atom stereocenters. The van der Waals surface area contributed by atoms with Crippen LogP contribution in [0.1, 0.15) is 6.92 Å². The molecule has 0 bridgehead atoms. The predicted octanol–water partition coefficient (Wildman–Crippen LogP) is -1.58. The number of nitrogens with zero attached hydrogens (tertiary/aromatic N) is 1. The molecule has 3 N–H and O–H groups in total. The predicted molar refractivity (Wildman–Crippen MR) is 49.9 cm³/mol. The monoisotopic (exact) mass is 218 g/mol. The third-order valence-electron chi connectivity index (χ3n) is 1.69. The van der Waals surface area contributed by atoms with Crippen LogP contribution in [0, 0.1) is 0 Å². The molecular formula is C8H14N2O5. The number of carboxylic acids is 1. The van der Waals surface area contributed by atoms with E-state index in [9.17, 15) is 14.4 Å². The molecule has 0 aromatic heterocycles. The molecule has 0 aromatic carbocycles. The Labute approximate surface area is 86.8 Å². The van der Waals surface area contributed by atoms with E-state index in [0.717, 1.165) is 4.90 Å². The Hall–Kier alpha value is -1.63. The van der Waals surface area contributed by atoms with Crippen LogP contribution in [0.15, 0.2) is 0 Å². The lowest BCUT2D eigenvalue weighted by Crippen LogP contribution is -2.45. The van der Waals surface area contributed by atoms with E-state index in [4.69, 9.17) is 15.6 Å². The number of hydrogen-bond donors (Lipinski definition) is 2. The van der Waals surface area contributed by atoms with Crippen LogP contribution in [0.25, 0.3) is 0 Å².